The highest BCUT2D eigenvalue weighted by molar-refractivity contribution is 9.10. The molecule has 0 amide bonds. The van der Waals surface area contributed by atoms with Crippen LogP contribution in [0.15, 0.2) is 40.9 Å². The van der Waals surface area contributed by atoms with E-state index in [1.54, 1.807) is 11.1 Å². The fourth-order valence-electron chi connectivity index (χ4n) is 6.91. The van der Waals surface area contributed by atoms with Crippen molar-refractivity contribution >= 4 is 15.9 Å². The lowest BCUT2D eigenvalue weighted by molar-refractivity contribution is 0.00322. The largest absolute Gasteiger partial charge is 0.0587 e. The number of rotatable bonds is 1. The highest BCUT2D eigenvalue weighted by Gasteiger charge is 2.65. The van der Waals surface area contributed by atoms with Gasteiger partial charge in [-0.2, -0.15) is 0 Å². The van der Waals surface area contributed by atoms with Crippen LogP contribution in [0.1, 0.15) is 60.6 Å². The standard InChI is InChI=1S/C23H23Br/c1-13-2-4-14(5-3-13)21-9-19-15-6-17-8-18-7-16(12-23(17,18)11-15)20(19)10-22(21)24/h2-5,9-10,15-18H,6-8,11-12H2,1H3. The average Bonchev–Trinajstić information content (AvgIpc) is 2.99. The van der Waals surface area contributed by atoms with Gasteiger partial charge in [0.25, 0.3) is 0 Å². The summed E-state index contributed by atoms with van der Waals surface area (Å²) in [6.45, 7) is 2.16. The predicted molar refractivity (Wildman–Crippen MR) is 102 cm³/mol. The van der Waals surface area contributed by atoms with Gasteiger partial charge in [0, 0.05) is 4.47 Å². The van der Waals surface area contributed by atoms with Gasteiger partial charge in [0.2, 0.25) is 0 Å². The molecule has 2 aromatic rings. The molecular weight excluding hydrogens is 356 g/mol. The van der Waals surface area contributed by atoms with Crippen molar-refractivity contribution in [2.45, 2.75) is 50.9 Å². The minimum absolute atomic E-state index is 0.755. The van der Waals surface area contributed by atoms with Crippen molar-refractivity contribution in [2.24, 2.45) is 17.3 Å². The van der Waals surface area contributed by atoms with E-state index in [4.69, 9.17) is 0 Å². The number of hydrogen-bond donors (Lipinski definition) is 0. The van der Waals surface area contributed by atoms with Crippen LogP contribution in [0.3, 0.4) is 0 Å². The molecule has 3 bridgehead atoms. The van der Waals surface area contributed by atoms with Crippen molar-refractivity contribution in [2.75, 3.05) is 0 Å². The van der Waals surface area contributed by atoms with Gasteiger partial charge in [-0.1, -0.05) is 45.8 Å². The summed E-state index contributed by atoms with van der Waals surface area (Å²) in [4.78, 5) is 0. The molecule has 122 valence electrons. The second-order valence-corrected chi connectivity index (χ2v) is 9.82. The van der Waals surface area contributed by atoms with Crippen LogP contribution < -0.4 is 0 Å². The molecule has 4 aliphatic carbocycles. The summed E-state index contributed by atoms with van der Waals surface area (Å²) in [5.74, 6) is 3.78. The zero-order valence-electron chi connectivity index (χ0n) is 14.2. The molecule has 1 heteroatoms. The number of halogens is 1. The lowest BCUT2D eigenvalue weighted by Gasteiger charge is -2.48. The van der Waals surface area contributed by atoms with Gasteiger partial charge in [0.05, 0.1) is 0 Å². The Balaban J connectivity index is 1.53. The summed E-state index contributed by atoms with van der Waals surface area (Å²) < 4.78 is 1.29. The molecule has 0 nitrogen and oxygen atoms in total. The van der Waals surface area contributed by atoms with Crippen molar-refractivity contribution in [3.8, 4) is 11.1 Å². The van der Waals surface area contributed by atoms with E-state index in [2.05, 4.69) is 59.3 Å². The van der Waals surface area contributed by atoms with E-state index in [-0.39, 0.29) is 0 Å². The second kappa shape index (κ2) is 4.55. The van der Waals surface area contributed by atoms with Gasteiger partial charge in [0.1, 0.15) is 0 Å². The Morgan fingerprint density at radius 3 is 2.17 bits per heavy atom. The van der Waals surface area contributed by atoms with E-state index in [1.165, 1.54) is 53.3 Å². The van der Waals surface area contributed by atoms with Crippen LogP contribution in [0.4, 0.5) is 0 Å². The number of hydrogen-bond acceptors (Lipinski definition) is 0. The molecule has 5 unspecified atom stereocenters. The van der Waals surface area contributed by atoms with Gasteiger partial charge in [0.15, 0.2) is 0 Å². The van der Waals surface area contributed by atoms with E-state index in [1.807, 2.05) is 0 Å². The number of fused-ring (bicyclic) bond motifs is 5. The lowest BCUT2D eigenvalue weighted by Crippen LogP contribution is -2.41. The summed E-state index contributed by atoms with van der Waals surface area (Å²) >= 11 is 3.90. The van der Waals surface area contributed by atoms with E-state index in [9.17, 15) is 0 Å². The Morgan fingerprint density at radius 2 is 1.50 bits per heavy atom. The molecule has 24 heavy (non-hydrogen) atoms. The first-order valence-corrected chi connectivity index (χ1v) is 10.3. The maximum absolute atomic E-state index is 3.90. The van der Waals surface area contributed by atoms with Crippen LogP contribution in [-0.2, 0) is 0 Å². The van der Waals surface area contributed by atoms with Crippen molar-refractivity contribution in [1.82, 2.24) is 0 Å². The third-order valence-corrected chi connectivity index (χ3v) is 8.66. The smallest absolute Gasteiger partial charge is 0.0256 e. The van der Waals surface area contributed by atoms with E-state index >= 15 is 0 Å². The van der Waals surface area contributed by atoms with Crippen molar-refractivity contribution in [3.63, 3.8) is 0 Å². The summed E-state index contributed by atoms with van der Waals surface area (Å²) in [6.07, 6.45) is 7.44. The predicted octanol–water partition coefficient (Wildman–Crippen LogP) is 6.82. The summed E-state index contributed by atoms with van der Waals surface area (Å²) in [7, 11) is 0. The SMILES string of the molecule is Cc1ccc(-c2cc3c(cc2Br)C2CC4CC5CC3CC45C2)cc1. The van der Waals surface area contributed by atoms with Gasteiger partial charge in [-0.3, -0.25) is 0 Å². The normalized spacial score (nSPS) is 37.8. The van der Waals surface area contributed by atoms with Crippen LogP contribution in [0.2, 0.25) is 0 Å². The molecule has 3 saturated carbocycles. The van der Waals surface area contributed by atoms with Gasteiger partial charge >= 0.3 is 0 Å². The molecule has 0 radical (unpaired) electrons. The highest BCUT2D eigenvalue weighted by atomic mass is 79.9. The van der Waals surface area contributed by atoms with E-state index in [0.717, 1.165) is 29.1 Å². The molecule has 0 N–H and O–H groups in total. The third kappa shape index (κ3) is 1.65. The summed E-state index contributed by atoms with van der Waals surface area (Å²) in [5, 5.41) is 0. The molecule has 0 heterocycles. The molecule has 4 aliphatic rings. The van der Waals surface area contributed by atoms with E-state index in [0.29, 0.717) is 0 Å². The molecular formula is C23H23Br. The van der Waals surface area contributed by atoms with Gasteiger partial charge < -0.3 is 0 Å². The summed E-state index contributed by atoms with van der Waals surface area (Å²) in [5.41, 5.74) is 8.21. The fraction of sp³-hybridized carbons (Fsp3) is 0.478. The van der Waals surface area contributed by atoms with Gasteiger partial charge in [-0.15, -0.1) is 0 Å². The molecule has 1 spiro atoms. The Bertz CT molecular complexity index is 849. The van der Waals surface area contributed by atoms with Gasteiger partial charge in [-0.05, 0) is 103 Å². The Kier molecular flexibility index (Phi) is 2.68. The van der Waals surface area contributed by atoms with E-state index < -0.39 is 0 Å². The van der Waals surface area contributed by atoms with Crippen molar-refractivity contribution < 1.29 is 0 Å². The molecule has 5 atom stereocenters. The van der Waals surface area contributed by atoms with Crippen molar-refractivity contribution in [3.05, 3.63) is 57.6 Å². The lowest BCUT2D eigenvalue weighted by atomic mass is 9.56. The van der Waals surface area contributed by atoms with Crippen LogP contribution in [0.25, 0.3) is 11.1 Å². The zero-order chi connectivity index (χ0) is 16.1. The fourth-order valence-corrected chi connectivity index (χ4v) is 7.50. The monoisotopic (exact) mass is 378 g/mol. The minimum atomic E-state index is 0.755. The summed E-state index contributed by atoms with van der Waals surface area (Å²) in [6, 6.07) is 14.1. The first-order valence-electron chi connectivity index (χ1n) is 9.54. The minimum Gasteiger partial charge on any atom is -0.0587 e. The quantitative estimate of drug-likeness (QED) is 0.510. The molecule has 0 aromatic heterocycles. The van der Waals surface area contributed by atoms with Crippen LogP contribution in [0.5, 0.6) is 0 Å². The van der Waals surface area contributed by atoms with Crippen LogP contribution >= 0.6 is 15.9 Å². The molecule has 0 saturated heterocycles. The Hall–Kier alpha value is -1.08. The zero-order valence-corrected chi connectivity index (χ0v) is 15.8. The average molecular weight is 379 g/mol. The first-order chi connectivity index (χ1) is 11.6. The highest BCUT2D eigenvalue weighted by Crippen LogP contribution is 2.76. The Morgan fingerprint density at radius 1 is 0.875 bits per heavy atom. The maximum Gasteiger partial charge on any atom is 0.0256 e. The second-order valence-electron chi connectivity index (χ2n) is 8.96. The van der Waals surface area contributed by atoms with Crippen molar-refractivity contribution in [1.29, 1.82) is 0 Å². The topological polar surface area (TPSA) is 0 Å². The number of aryl methyl sites for hydroxylation is 1. The van der Waals surface area contributed by atoms with Crippen LogP contribution in [0, 0.1) is 24.2 Å². The Labute approximate surface area is 152 Å². The third-order valence-electron chi connectivity index (χ3n) is 8.00. The molecule has 6 rings (SSSR count). The maximum atomic E-state index is 3.90. The molecule has 0 aliphatic heterocycles. The molecule has 3 fully saturated rings. The number of benzene rings is 2. The first kappa shape index (κ1) is 14.1. The van der Waals surface area contributed by atoms with Crippen LogP contribution in [-0.4, -0.2) is 0 Å². The van der Waals surface area contributed by atoms with Gasteiger partial charge in [-0.25, -0.2) is 0 Å². The molecule has 2 aromatic carbocycles.